The van der Waals surface area contributed by atoms with E-state index in [-0.39, 0.29) is 18.4 Å². The summed E-state index contributed by atoms with van der Waals surface area (Å²) in [6.45, 7) is 4.11. The Morgan fingerprint density at radius 1 is 1.00 bits per heavy atom. The number of nitro groups is 1. The molecule has 1 fully saturated rings. The molecule has 0 saturated carbocycles. The van der Waals surface area contributed by atoms with Crippen LogP contribution < -0.4 is 9.47 Å². The molecule has 2 heterocycles. The molecule has 0 radical (unpaired) electrons. The highest BCUT2D eigenvalue weighted by Crippen LogP contribution is 2.32. The molecule has 0 unspecified atom stereocenters. The topological polar surface area (TPSA) is 85.2 Å². The van der Waals surface area contributed by atoms with E-state index in [9.17, 15) is 14.9 Å². The van der Waals surface area contributed by atoms with E-state index in [1.54, 1.807) is 4.90 Å². The van der Waals surface area contributed by atoms with E-state index in [0.29, 0.717) is 18.7 Å². The Labute approximate surface area is 162 Å². The van der Waals surface area contributed by atoms with Crippen LogP contribution in [0, 0.1) is 10.1 Å². The Morgan fingerprint density at radius 2 is 1.71 bits per heavy atom. The summed E-state index contributed by atoms with van der Waals surface area (Å²) in [6, 6.07) is 11.8. The highest BCUT2D eigenvalue weighted by molar-refractivity contribution is 5.94. The van der Waals surface area contributed by atoms with Crippen molar-refractivity contribution in [3.8, 4) is 11.5 Å². The molecule has 0 atom stereocenters. The molecule has 0 bridgehead atoms. The Balaban J connectivity index is 1.27. The van der Waals surface area contributed by atoms with Crippen LogP contribution in [0.25, 0.3) is 0 Å². The molecule has 2 aliphatic rings. The molecular weight excluding hydrogens is 362 g/mol. The van der Waals surface area contributed by atoms with Crippen molar-refractivity contribution in [3.05, 3.63) is 63.7 Å². The summed E-state index contributed by atoms with van der Waals surface area (Å²) in [6.07, 6.45) is 0.910. The second kappa shape index (κ2) is 7.85. The van der Waals surface area contributed by atoms with Crippen molar-refractivity contribution in [1.82, 2.24) is 9.80 Å². The van der Waals surface area contributed by atoms with Crippen LogP contribution in [0.15, 0.2) is 42.5 Å². The van der Waals surface area contributed by atoms with E-state index in [0.717, 1.165) is 37.6 Å². The molecule has 2 aromatic rings. The molecule has 2 aromatic carbocycles. The Hall–Kier alpha value is -3.13. The molecule has 146 valence electrons. The molecule has 1 saturated heterocycles. The highest BCUT2D eigenvalue weighted by atomic mass is 16.7. The van der Waals surface area contributed by atoms with E-state index in [1.807, 2.05) is 12.1 Å². The summed E-state index contributed by atoms with van der Waals surface area (Å²) in [5.74, 6) is 1.52. The van der Waals surface area contributed by atoms with Crippen LogP contribution in [0.1, 0.15) is 15.9 Å². The van der Waals surface area contributed by atoms with Gasteiger partial charge < -0.3 is 14.4 Å². The van der Waals surface area contributed by atoms with Gasteiger partial charge in [0.2, 0.25) is 6.79 Å². The third-order valence-electron chi connectivity index (χ3n) is 5.14. The molecule has 0 N–H and O–H groups in total. The number of nitrogens with zero attached hydrogens (tertiary/aromatic N) is 3. The first-order valence-electron chi connectivity index (χ1n) is 9.25. The van der Waals surface area contributed by atoms with Gasteiger partial charge in [0, 0.05) is 50.4 Å². The SMILES string of the molecule is O=C(c1ccc([N+](=O)[O-])cc1)N1CCN(CCc2ccc3c(c2)OCO3)CC1. The summed E-state index contributed by atoms with van der Waals surface area (Å²) >= 11 is 0. The van der Waals surface area contributed by atoms with E-state index >= 15 is 0 Å². The molecule has 2 aliphatic heterocycles. The number of benzene rings is 2. The number of nitro benzene ring substituents is 1. The van der Waals surface area contributed by atoms with Gasteiger partial charge in [0.25, 0.3) is 11.6 Å². The van der Waals surface area contributed by atoms with Crippen molar-refractivity contribution in [1.29, 1.82) is 0 Å². The lowest BCUT2D eigenvalue weighted by atomic mass is 10.1. The number of piperazine rings is 1. The zero-order valence-electron chi connectivity index (χ0n) is 15.4. The van der Waals surface area contributed by atoms with Gasteiger partial charge in [0.15, 0.2) is 11.5 Å². The average molecular weight is 383 g/mol. The van der Waals surface area contributed by atoms with Crippen molar-refractivity contribution in [2.75, 3.05) is 39.5 Å². The van der Waals surface area contributed by atoms with E-state index in [2.05, 4.69) is 11.0 Å². The second-order valence-electron chi connectivity index (χ2n) is 6.88. The summed E-state index contributed by atoms with van der Waals surface area (Å²) in [7, 11) is 0. The molecule has 8 heteroatoms. The third kappa shape index (κ3) is 3.91. The molecule has 0 aliphatic carbocycles. The maximum Gasteiger partial charge on any atom is 0.269 e. The number of rotatable bonds is 5. The molecule has 0 spiro atoms. The molecular formula is C20H21N3O5. The molecule has 28 heavy (non-hydrogen) atoms. The maximum atomic E-state index is 12.6. The monoisotopic (exact) mass is 383 g/mol. The maximum absolute atomic E-state index is 12.6. The minimum Gasteiger partial charge on any atom is -0.454 e. The minimum atomic E-state index is -0.465. The number of amides is 1. The number of ether oxygens (including phenoxy) is 2. The first-order valence-corrected chi connectivity index (χ1v) is 9.25. The summed E-state index contributed by atoms with van der Waals surface area (Å²) in [5.41, 5.74) is 1.68. The number of hydrogen-bond acceptors (Lipinski definition) is 6. The second-order valence-corrected chi connectivity index (χ2v) is 6.88. The van der Waals surface area contributed by atoms with Gasteiger partial charge in [-0.1, -0.05) is 6.07 Å². The Bertz CT molecular complexity index is 876. The van der Waals surface area contributed by atoms with Crippen LogP contribution >= 0.6 is 0 Å². The van der Waals surface area contributed by atoms with Gasteiger partial charge in [0.05, 0.1) is 4.92 Å². The fraction of sp³-hybridized carbons (Fsp3) is 0.350. The van der Waals surface area contributed by atoms with Gasteiger partial charge in [-0.3, -0.25) is 19.8 Å². The number of non-ortho nitro benzene ring substituents is 1. The highest BCUT2D eigenvalue weighted by Gasteiger charge is 2.22. The standard InChI is InChI=1S/C20H21N3O5/c24-20(16-2-4-17(5-3-16)23(25)26)22-11-9-21(10-12-22)8-7-15-1-6-18-19(13-15)28-14-27-18/h1-6,13H,7-12,14H2. The zero-order valence-corrected chi connectivity index (χ0v) is 15.4. The van der Waals surface area contributed by atoms with Crippen molar-refractivity contribution < 1.29 is 19.2 Å². The molecule has 0 aromatic heterocycles. The van der Waals surface area contributed by atoms with Crippen LogP contribution in [-0.2, 0) is 6.42 Å². The lowest BCUT2D eigenvalue weighted by molar-refractivity contribution is -0.384. The van der Waals surface area contributed by atoms with Crippen molar-refractivity contribution in [2.24, 2.45) is 0 Å². The van der Waals surface area contributed by atoms with Crippen molar-refractivity contribution in [2.45, 2.75) is 6.42 Å². The van der Waals surface area contributed by atoms with E-state index in [1.165, 1.54) is 29.8 Å². The summed E-state index contributed by atoms with van der Waals surface area (Å²) in [4.78, 5) is 27.0. The van der Waals surface area contributed by atoms with E-state index in [4.69, 9.17) is 9.47 Å². The van der Waals surface area contributed by atoms with Gasteiger partial charge in [-0.2, -0.15) is 0 Å². The molecule has 4 rings (SSSR count). The predicted molar refractivity (Wildman–Crippen MR) is 102 cm³/mol. The van der Waals surface area contributed by atoms with Crippen LogP contribution in [0.4, 0.5) is 5.69 Å². The fourth-order valence-corrected chi connectivity index (χ4v) is 3.47. The fourth-order valence-electron chi connectivity index (χ4n) is 3.47. The van der Waals surface area contributed by atoms with Crippen molar-refractivity contribution >= 4 is 11.6 Å². The van der Waals surface area contributed by atoms with Crippen LogP contribution in [-0.4, -0.2) is 60.1 Å². The number of fused-ring (bicyclic) bond motifs is 1. The largest absolute Gasteiger partial charge is 0.454 e. The lowest BCUT2D eigenvalue weighted by Gasteiger charge is -2.34. The lowest BCUT2D eigenvalue weighted by Crippen LogP contribution is -2.49. The van der Waals surface area contributed by atoms with Crippen LogP contribution in [0.3, 0.4) is 0 Å². The number of carbonyl (C=O) groups excluding carboxylic acids is 1. The zero-order chi connectivity index (χ0) is 19.5. The van der Waals surface area contributed by atoms with E-state index < -0.39 is 4.92 Å². The smallest absolute Gasteiger partial charge is 0.269 e. The van der Waals surface area contributed by atoms with Crippen LogP contribution in [0.5, 0.6) is 11.5 Å². The number of hydrogen-bond donors (Lipinski definition) is 0. The predicted octanol–water partition coefficient (Wildman–Crippen LogP) is 2.32. The Morgan fingerprint density at radius 3 is 2.43 bits per heavy atom. The first-order chi connectivity index (χ1) is 13.6. The van der Waals surface area contributed by atoms with Crippen LogP contribution in [0.2, 0.25) is 0 Å². The summed E-state index contributed by atoms with van der Waals surface area (Å²) < 4.78 is 10.7. The van der Waals surface area contributed by atoms with Crippen molar-refractivity contribution in [3.63, 3.8) is 0 Å². The van der Waals surface area contributed by atoms with Gasteiger partial charge in [0.1, 0.15) is 0 Å². The quantitative estimate of drug-likeness (QED) is 0.582. The molecule has 8 nitrogen and oxygen atoms in total. The van der Waals surface area contributed by atoms with Gasteiger partial charge in [-0.05, 0) is 36.2 Å². The van der Waals surface area contributed by atoms with Gasteiger partial charge >= 0.3 is 0 Å². The average Bonchev–Trinajstić information content (AvgIpc) is 3.20. The van der Waals surface area contributed by atoms with Gasteiger partial charge in [-0.25, -0.2) is 0 Å². The normalized spacial score (nSPS) is 16.2. The molecule has 1 amide bonds. The third-order valence-corrected chi connectivity index (χ3v) is 5.14. The Kier molecular flexibility index (Phi) is 5.12. The first kappa shape index (κ1) is 18.2. The minimum absolute atomic E-state index is 0.00936. The summed E-state index contributed by atoms with van der Waals surface area (Å²) in [5, 5.41) is 10.7. The number of carbonyl (C=O) groups is 1. The van der Waals surface area contributed by atoms with Gasteiger partial charge in [-0.15, -0.1) is 0 Å².